The van der Waals surface area contributed by atoms with Gasteiger partial charge in [0.15, 0.2) is 5.96 Å². The number of thiophene rings is 1. The summed E-state index contributed by atoms with van der Waals surface area (Å²) in [4.78, 5) is 8.98. The third-order valence-corrected chi connectivity index (χ3v) is 5.77. The number of halogens is 1. The standard InChI is InChI=1S/C15H16BrN3OS/c1-9-10(16)7-14(21-9)12-8-18-15(17)19(12)11-5-3-4-6-13(11)20-2/h3-7,12H,8H2,1-2H3,(H2,17,18). The number of guanidine groups is 1. The highest BCUT2D eigenvalue weighted by Gasteiger charge is 2.32. The van der Waals surface area contributed by atoms with E-state index < -0.39 is 0 Å². The first-order chi connectivity index (χ1) is 10.1. The molecule has 1 aromatic carbocycles. The number of aliphatic imine (C=N–C) groups is 1. The monoisotopic (exact) mass is 365 g/mol. The fourth-order valence-corrected chi connectivity index (χ4v) is 4.12. The van der Waals surface area contributed by atoms with Crippen LogP contribution in [0.3, 0.4) is 0 Å². The van der Waals surface area contributed by atoms with Crippen LogP contribution < -0.4 is 15.4 Å². The molecule has 1 aromatic heterocycles. The first kappa shape index (κ1) is 14.4. The van der Waals surface area contributed by atoms with Crippen molar-refractivity contribution >= 4 is 38.9 Å². The minimum atomic E-state index is 0.122. The Morgan fingerprint density at radius 2 is 2.19 bits per heavy atom. The van der Waals surface area contributed by atoms with Crippen LogP contribution in [0.2, 0.25) is 0 Å². The van der Waals surface area contributed by atoms with Crippen molar-refractivity contribution in [2.45, 2.75) is 13.0 Å². The molecule has 1 unspecified atom stereocenters. The zero-order valence-electron chi connectivity index (χ0n) is 11.8. The maximum absolute atomic E-state index is 6.12. The van der Waals surface area contributed by atoms with E-state index in [9.17, 15) is 0 Å². The first-order valence-corrected chi connectivity index (χ1v) is 8.20. The van der Waals surface area contributed by atoms with Crippen molar-refractivity contribution in [2.75, 3.05) is 18.6 Å². The van der Waals surface area contributed by atoms with Crippen LogP contribution in [0, 0.1) is 6.92 Å². The number of rotatable bonds is 3. The van der Waals surface area contributed by atoms with Gasteiger partial charge in [0.1, 0.15) is 5.75 Å². The molecule has 0 saturated heterocycles. The number of nitrogens with zero attached hydrogens (tertiary/aromatic N) is 2. The molecule has 6 heteroatoms. The Hall–Kier alpha value is -1.53. The van der Waals surface area contributed by atoms with E-state index in [-0.39, 0.29) is 6.04 Å². The van der Waals surface area contributed by atoms with Crippen LogP contribution in [0.4, 0.5) is 5.69 Å². The van der Waals surface area contributed by atoms with E-state index in [1.165, 1.54) is 9.75 Å². The van der Waals surface area contributed by atoms with Gasteiger partial charge < -0.3 is 10.5 Å². The zero-order valence-corrected chi connectivity index (χ0v) is 14.2. The zero-order chi connectivity index (χ0) is 15.0. The van der Waals surface area contributed by atoms with Crippen molar-refractivity contribution in [1.82, 2.24) is 0 Å². The van der Waals surface area contributed by atoms with E-state index in [2.05, 4.69) is 38.8 Å². The molecule has 0 aliphatic carbocycles. The van der Waals surface area contributed by atoms with E-state index in [0.717, 1.165) is 15.9 Å². The van der Waals surface area contributed by atoms with Gasteiger partial charge in [-0.25, -0.2) is 0 Å². The Labute approximate surface area is 136 Å². The van der Waals surface area contributed by atoms with Crippen LogP contribution in [-0.4, -0.2) is 19.6 Å². The molecule has 21 heavy (non-hydrogen) atoms. The second kappa shape index (κ2) is 5.69. The summed E-state index contributed by atoms with van der Waals surface area (Å²) in [6, 6.07) is 10.2. The normalized spacial score (nSPS) is 18.0. The summed E-state index contributed by atoms with van der Waals surface area (Å²) in [6.45, 7) is 2.77. The Bertz CT molecular complexity index is 678. The molecule has 2 heterocycles. The number of benzene rings is 1. The second-order valence-electron chi connectivity index (χ2n) is 4.81. The fraction of sp³-hybridized carbons (Fsp3) is 0.267. The molecule has 3 rings (SSSR count). The smallest absolute Gasteiger partial charge is 0.196 e. The van der Waals surface area contributed by atoms with Gasteiger partial charge in [-0.15, -0.1) is 11.3 Å². The first-order valence-electron chi connectivity index (χ1n) is 6.60. The maximum atomic E-state index is 6.12. The van der Waals surface area contributed by atoms with Crippen LogP contribution in [0.15, 0.2) is 39.8 Å². The van der Waals surface area contributed by atoms with Crippen molar-refractivity contribution in [3.63, 3.8) is 0 Å². The van der Waals surface area contributed by atoms with Gasteiger partial charge in [0.05, 0.1) is 25.4 Å². The minimum absolute atomic E-state index is 0.122. The number of methoxy groups -OCH3 is 1. The van der Waals surface area contributed by atoms with E-state index in [0.29, 0.717) is 12.5 Å². The second-order valence-corrected chi connectivity index (χ2v) is 6.95. The van der Waals surface area contributed by atoms with E-state index in [1.807, 2.05) is 24.3 Å². The van der Waals surface area contributed by atoms with E-state index >= 15 is 0 Å². The predicted molar refractivity (Wildman–Crippen MR) is 91.5 cm³/mol. The number of ether oxygens (including phenoxy) is 1. The summed E-state index contributed by atoms with van der Waals surface area (Å²) in [5, 5.41) is 0. The van der Waals surface area contributed by atoms with Gasteiger partial charge in [-0.1, -0.05) is 12.1 Å². The lowest BCUT2D eigenvalue weighted by Gasteiger charge is -2.27. The molecular weight excluding hydrogens is 350 g/mol. The van der Waals surface area contributed by atoms with Crippen molar-refractivity contribution in [3.8, 4) is 5.75 Å². The molecule has 0 radical (unpaired) electrons. The fourth-order valence-electron chi connectivity index (χ4n) is 2.48. The molecule has 0 spiro atoms. The van der Waals surface area contributed by atoms with E-state index in [4.69, 9.17) is 10.5 Å². The average molecular weight is 366 g/mol. The van der Waals surface area contributed by atoms with Crippen LogP contribution in [0.5, 0.6) is 5.75 Å². The molecule has 0 bridgehead atoms. The number of hydrogen-bond acceptors (Lipinski definition) is 5. The summed E-state index contributed by atoms with van der Waals surface area (Å²) >= 11 is 5.35. The van der Waals surface area contributed by atoms with Gasteiger partial charge in [0.2, 0.25) is 0 Å². The highest BCUT2D eigenvalue weighted by atomic mass is 79.9. The van der Waals surface area contributed by atoms with Crippen LogP contribution in [0.1, 0.15) is 15.8 Å². The van der Waals surface area contributed by atoms with Gasteiger partial charge in [0.25, 0.3) is 0 Å². The third kappa shape index (κ3) is 2.53. The number of nitrogens with two attached hydrogens (primary N) is 1. The topological polar surface area (TPSA) is 50.9 Å². The summed E-state index contributed by atoms with van der Waals surface area (Å²) in [5.74, 6) is 1.33. The summed E-state index contributed by atoms with van der Waals surface area (Å²) < 4.78 is 6.59. The van der Waals surface area contributed by atoms with Crippen molar-refractivity contribution in [2.24, 2.45) is 10.7 Å². The minimum Gasteiger partial charge on any atom is -0.495 e. The Morgan fingerprint density at radius 3 is 2.86 bits per heavy atom. The molecule has 1 aliphatic rings. The lowest BCUT2D eigenvalue weighted by molar-refractivity contribution is 0.415. The van der Waals surface area contributed by atoms with Gasteiger partial charge in [-0.3, -0.25) is 9.89 Å². The molecule has 110 valence electrons. The highest BCUT2D eigenvalue weighted by Crippen LogP contribution is 2.40. The van der Waals surface area contributed by atoms with Crippen molar-refractivity contribution in [3.05, 3.63) is 44.6 Å². The largest absolute Gasteiger partial charge is 0.495 e. The van der Waals surface area contributed by atoms with Crippen LogP contribution in [0.25, 0.3) is 0 Å². The molecule has 4 nitrogen and oxygen atoms in total. The number of para-hydroxylation sites is 2. The van der Waals surface area contributed by atoms with E-state index in [1.54, 1.807) is 18.4 Å². The van der Waals surface area contributed by atoms with Gasteiger partial charge in [-0.2, -0.15) is 0 Å². The van der Waals surface area contributed by atoms with Crippen LogP contribution >= 0.6 is 27.3 Å². The summed E-state index contributed by atoms with van der Waals surface area (Å²) in [5.41, 5.74) is 7.07. The highest BCUT2D eigenvalue weighted by molar-refractivity contribution is 9.10. The lowest BCUT2D eigenvalue weighted by atomic mass is 10.2. The quantitative estimate of drug-likeness (QED) is 0.901. The Balaban J connectivity index is 2.03. The molecule has 0 amide bonds. The van der Waals surface area contributed by atoms with Gasteiger partial charge >= 0.3 is 0 Å². The van der Waals surface area contributed by atoms with Crippen molar-refractivity contribution in [1.29, 1.82) is 0 Å². The molecular formula is C15H16BrN3OS. The Morgan fingerprint density at radius 1 is 1.43 bits per heavy atom. The molecule has 1 aliphatic heterocycles. The molecule has 0 saturated carbocycles. The Kier molecular flexibility index (Phi) is 3.91. The number of aryl methyl sites for hydroxylation is 1. The molecule has 2 N–H and O–H groups in total. The third-order valence-electron chi connectivity index (χ3n) is 3.53. The van der Waals surface area contributed by atoms with Gasteiger partial charge in [0, 0.05) is 14.2 Å². The molecule has 0 fully saturated rings. The number of anilines is 1. The van der Waals surface area contributed by atoms with Crippen LogP contribution in [-0.2, 0) is 0 Å². The lowest BCUT2D eigenvalue weighted by Crippen LogP contribution is -2.36. The summed E-state index contributed by atoms with van der Waals surface area (Å²) in [7, 11) is 1.67. The average Bonchev–Trinajstić information content (AvgIpc) is 3.02. The van der Waals surface area contributed by atoms with Gasteiger partial charge in [-0.05, 0) is 41.1 Å². The molecule has 2 aromatic rings. The summed E-state index contributed by atoms with van der Waals surface area (Å²) in [6.07, 6.45) is 0. The maximum Gasteiger partial charge on any atom is 0.196 e. The predicted octanol–water partition coefficient (Wildman–Crippen LogP) is 3.70. The number of hydrogen-bond donors (Lipinski definition) is 1. The molecule has 1 atom stereocenters. The SMILES string of the molecule is COc1ccccc1N1C(N)=NCC1c1cc(Br)c(C)s1. The van der Waals surface area contributed by atoms with Crippen molar-refractivity contribution < 1.29 is 4.74 Å².